The van der Waals surface area contributed by atoms with Crippen LogP contribution < -0.4 is 0 Å². The Bertz CT molecular complexity index is 242. The highest BCUT2D eigenvalue weighted by atomic mass is 19.4. The van der Waals surface area contributed by atoms with Crippen LogP contribution >= 0.6 is 0 Å². The van der Waals surface area contributed by atoms with Gasteiger partial charge in [-0.1, -0.05) is 6.92 Å². The summed E-state index contributed by atoms with van der Waals surface area (Å²) in [7, 11) is 0. The molecule has 1 heterocycles. The Morgan fingerprint density at radius 3 is 2.60 bits per heavy atom. The highest BCUT2D eigenvalue weighted by Crippen LogP contribution is 2.23. The SMILES string of the molecule is CC1CN(C(=O)CC(F)(F)F)CCC1O. The van der Waals surface area contributed by atoms with Crippen molar-refractivity contribution in [2.24, 2.45) is 5.92 Å². The first-order valence-corrected chi connectivity index (χ1v) is 4.82. The smallest absolute Gasteiger partial charge is 0.393 e. The van der Waals surface area contributed by atoms with Crippen molar-refractivity contribution in [2.75, 3.05) is 13.1 Å². The van der Waals surface area contributed by atoms with Crippen molar-refractivity contribution in [2.45, 2.75) is 32.0 Å². The highest BCUT2D eigenvalue weighted by molar-refractivity contribution is 5.76. The van der Waals surface area contributed by atoms with Crippen LogP contribution in [0.15, 0.2) is 0 Å². The van der Waals surface area contributed by atoms with Crippen molar-refractivity contribution in [3.8, 4) is 0 Å². The van der Waals surface area contributed by atoms with Gasteiger partial charge in [0.2, 0.25) is 5.91 Å². The molecular formula is C9H14F3NO2. The lowest BCUT2D eigenvalue weighted by molar-refractivity contribution is -0.163. The summed E-state index contributed by atoms with van der Waals surface area (Å²) in [6.45, 7) is 2.13. The lowest BCUT2D eigenvalue weighted by Crippen LogP contribution is -2.46. The molecule has 0 aromatic rings. The molecule has 1 saturated heterocycles. The first kappa shape index (κ1) is 12.3. The molecule has 0 aliphatic carbocycles. The van der Waals surface area contributed by atoms with Gasteiger partial charge in [0.1, 0.15) is 6.42 Å². The van der Waals surface area contributed by atoms with E-state index >= 15 is 0 Å². The average Bonchev–Trinajstić information content (AvgIpc) is 2.06. The number of nitrogens with zero attached hydrogens (tertiary/aromatic N) is 1. The summed E-state index contributed by atoms with van der Waals surface area (Å²) in [6, 6.07) is 0. The molecule has 3 nitrogen and oxygen atoms in total. The lowest BCUT2D eigenvalue weighted by atomic mass is 9.96. The van der Waals surface area contributed by atoms with Crippen molar-refractivity contribution in [3.63, 3.8) is 0 Å². The molecule has 1 amide bonds. The van der Waals surface area contributed by atoms with E-state index in [0.717, 1.165) is 0 Å². The van der Waals surface area contributed by atoms with E-state index in [4.69, 9.17) is 0 Å². The van der Waals surface area contributed by atoms with E-state index in [1.54, 1.807) is 6.92 Å². The zero-order chi connectivity index (χ0) is 11.6. The second-order valence-electron chi connectivity index (χ2n) is 3.97. The number of hydrogen-bond donors (Lipinski definition) is 1. The molecule has 1 rings (SSSR count). The third-order valence-electron chi connectivity index (χ3n) is 2.56. The van der Waals surface area contributed by atoms with Crippen molar-refractivity contribution in [3.05, 3.63) is 0 Å². The molecule has 6 heteroatoms. The minimum absolute atomic E-state index is 0.157. The number of carbonyl (C=O) groups excluding carboxylic acids is 1. The molecule has 0 spiro atoms. The van der Waals surface area contributed by atoms with Gasteiger partial charge in [0.25, 0.3) is 0 Å². The lowest BCUT2D eigenvalue weighted by Gasteiger charge is -2.34. The third-order valence-corrected chi connectivity index (χ3v) is 2.56. The Balaban J connectivity index is 2.48. The van der Waals surface area contributed by atoms with Gasteiger partial charge >= 0.3 is 6.18 Å². The zero-order valence-corrected chi connectivity index (χ0v) is 8.42. The molecule has 2 unspecified atom stereocenters. The van der Waals surface area contributed by atoms with E-state index in [1.807, 2.05) is 0 Å². The van der Waals surface area contributed by atoms with Crippen molar-refractivity contribution in [1.29, 1.82) is 0 Å². The van der Waals surface area contributed by atoms with Crippen LogP contribution in [0.25, 0.3) is 0 Å². The fourth-order valence-electron chi connectivity index (χ4n) is 1.64. The van der Waals surface area contributed by atoms with E-state index in [-0.39, 0.29) is 19.0 Å². The minimum Gasteiger partial charge on any atom is -0.393 e. The first-order valence-electron chi connectivity index (χ1n) is 4.82. The van der Waals surface area contributed by atoms with Crippen LogP contribution in [0.4, 0.5) is 13.2 Å². The van der Waals surface area contributed by atoms with Crippen molar-refractivity contribution >= 4 is 5.91 Å². The van der Waals surface area contributed by atoms with E-state index in [1.165, 1.54) is 4.90 Å². The van der Waals surface area contributed by atoms with Gasteiger partial charge in [0.05, 0.1) is 6.10 Å². The summed E-state index contributed by atoms with van der Waals surface area (Å²) >= 11 is 0. The van der Waals surface area contributed by atoms with Crippen LogP contribution in [0.1, 0.15) is 19.8 Å². The van der Waals surface area contributed by atoms with Gasteiger partial charge in [-0.15, -0.1) is 0 Å². The van der Waals surface area contributed by atoms with Gasteiger partial charge in [-0.2, -0.15) is 13.2 Å². The van der Waals surface area contributed by atoms with E-state index in [2.05, 4.69) is 0 Å². The van der Waals surface area contributed by atoms with E-state index in [0.29, 0.717) is 6.42 Å². The summed E-state index contributed by atoms with van der Waals surface area (Å²) in [4.78, 5) is 12.4. The Morgan fingerprint density at radius 1 is 1.53 bits per heavy atom. The predicted octanol–water partition coefficient (Wildman–Crippen LogP) is 1.17. The van der Waals surface area contributed by atoms with Gasteiger partial charge in [-0.3, -0.25) is 4.79 Å². The van der Waals surface area contributed by atoms with Gasteiger partial charge in [-0.25, -0.2) is 0 Å². The Labute approximate surface area is 85.9 Å². The van der Waals surface area contributed by atoms with Crippen LogP contribution in [0.2, 0.25) is 0 Å². The third kappa shape index (κ3) is 3.70. The molecule has 1 fully saturated rings. The maximum absolute atomic E-state index is 11.9. The number of aliphatic hydroxyl groups excluding tert-OH is 1. The number of likely N-dealkylation sites (tertiary alicyclic amines) is 1. The monoisotopic (exact) mass is 225 g/mol. The molecule has 88 valence electrons. The topological polar surface area (TPSA) is 40.5 Å². The second-order valence-corrected chi connectivity index (χ2v) is 3.97. The molecule has 2 atom stereocenters. The van der Waals surface area contributed by atoms with Crippen LogP contribution in [0.3, 0.4) is 0 Å². The maximum Gasteiger partial charge on any atom is 0.397 e. The minimum atomic E-state index is -4.45. The van der Waals surface area contributed by atoms with E-state index in [9.17, 15) is 23.1 Å². The van der Waals surface area contributed by atoms with Crippen LogP contribution in [0.5, 0.6) is 0 Å². The van der Waals surface area contributed by atoms with Crippen molar-refractivity contribution < 1.29 is 23.1 Å². The van der Waals surface area contributed by atoms with E-state index < -0.39 is 24.6 Å². The molecule has 0 saturated carbocycles. The fourth-order valence-corrected chi connectivity index (χ4v) is 1.64. The molecule has 15 heavy (non-hydrogen) atoms. The van der Waals surface area contributed by atoms with Crippen LogP contribution in [0, 0.1) is 5.92 Å². The summed E-state index contributed by atoms with van der Waals surface area (Å²) in [5, 5.41) is 9.35. The predicted molar refractivity (Wildman–Crippen MR) is 47.0 cm³/mol. The number of amides is 1. The van der Waals surface area contributed by atoms with Gasteiger partial charge in [0, 0.05) is 13.1 Å². The molecule has 1 N–H and O–H groups in total. The molecular weight excluding hydrogens is 211 g/mol. The number of piperidine rings is 1. The summed E-state index contributed by atoms with van der Waals surface area (Å²) in [6.07, 6.45) is -6.02. The number of aliphatic hydroxyl groups is 1. The molecule has 1 aliphatic rings. The first-order chi connectivity index (χ1) is 6.79. The standard InChI is InChI=1S/C9H14F3NO2/c1-6-5-13(3-2-7(6)14)8(15)4-9(10,11)12/h6-7,14H,2-5H2,1H3. The number of carbonyl (C=O) groups is 1. The van der Waals surface area contributed by atoms with Crippen molar-refractivity contribution in [1.82, 2.24) is 4.90 Å². The number of halogens is 3. The largest absolute Gasteiger partial charge is 0.397 e. The van der Waals surface area contributed by atoms with Gasteiger partial charge < -0.3 is 10.0 Å². The fraction of sp³-hybridized carbons (Fsp3) is 0.889. The number of hydrogen-bond acceptors (Lipinski definition) is 2. The number of alkyl halides is 3. The van der Waals surface area contributed by atoms with Gasteiger partial charge in [0.15, 0.2) is 0 Å². The Hall–Kier alpha value is -0.780. The van der Waals surface area contributed by atoms with Crippen LogP contribution in [-0.2, 0) is 4.79 Å². The summed E-state index contributed by atoms with van der Waals surface area (Å²) in [5.41, 5.74) is 0. The van der Waals surface area contributed by atoms with Crippen LogP contribution in [-0.4, -0.2) is 41.3 Å². The molecule has 0 aromatic carbocycles. The second kappa shape index (κ2) is 4.38. The maximum atomic E-state index is 11.9. The molecule has 0 bridgehead atoms. The number of rotatable bonds is 1. The molecule has 1 aliphatic heterocycles. The average molecular weight is 225 g/mol. The quantitative estimate of drug-likeness (QED) is 0.727. The zero-order valence-electron chi connectivity index (χ0n) is 8.42. The summed E-state index contributed by atoms with van der Waals surface area (Å²) in [5.74, 6) is -1.06. The normalized spacial score (nSPS) is 27.9. The summed E-state index contributed by atoms with van der Waals surface area (Å²) < 4.78 is 35.8. The van der Waals surface area contributed by atoms with Gasteiger partial charge in [-0.05, 0) is 12.3 Å². The molecule has 0 aromatic heterocycles. The Morgan fingerprint density at radius 2 is 2.13 bits per heavy atom. The highest BCUT2D eigenvalue weighted by Gasteiger charge is 2.35. The Kier molecular flexibility index (Phi) is 3.59. The molecule has 0 radical (unpaired) electrons.